The van der Waals surface area contributed by atoms with Crippen LogP contribution in [0.15, 0.2) is 18.2 Å². The Morgan fingerprint density at radius 2 is 1.88 bits per heavy atom. The van der Waals surface area contributed by atoms with Crippen molar-refractivity contribution in [2.45, 2.75) is 20.4 Å². The van der Waals surface area contributed by atoms with E-state index in [1.807, 2.05) is 0 Å². The van der Waals surface area contributed by atoms with E-state index in [0.717, 1.165) is 30.9 Å². The van der Waals surface area contributed by atoms with Gasteiger partial charge in [0.25, 0.3) is 0 Å². The fourth-order valence-corrected chi connectivity index (χ4v) is 1.77. The minimum absolute atomic E-state index is 0.493. The lowest BCUT2D eigenvalue weighted by Gasteiger charge is -2.20. The molecule has 1 rings (SSSR count). The molecule has 4 nitrogen and oxygen atoms in total. The minimum Gasteiger partial charge on any atom is -0.496 e. The predicted octanol–water partition coefficient (Wildman–Crippen LogP) is 0.217. The Hall–Kier alpha value is -1.04. The molecule has 0 unspecified atom stereocenters. The molecule has 1 aromatic carbocycles. The van der Waals surface area contributed by atoms with Gasteiger partial charge in [-0.1, -0.05) is 26.0 Å². The van der Waals surface area contributed by atoms with Crippen LogP contribution in [0.2, 0.25) is 0 Å². The molecule has 0 saturated heterocycles. The zero-order chi connectivity index (χ0) is 12.8. The zero-order valence-corrected chi connectivity index (χ0v) is 10.7. The Balaban J connectivity index is 2.97. The maximum absolute atomic E-state index is 9.16. The molecular formula is C12H20BNO3. The molecule has 0 aliphatic carbocycles. The van der Waals surface area contributed by atoms with Crippen LogP contribution in [0.3, 0.4) is 0 Å². The van der Waals surface area contributed by atoms with Crippen LogP contribution in [0.5, 0.6) is 5.75 Å². The van der Waals surface area contributed by atoms with Gasteiger partial charge in [-0.15, -0.1) is 0 Å². The second-order valence-corrected chi connectivity index (χ2v) is 3.91. The summed E-state index contributed by atoms with van der Waals surface area (Å²) in [5.41, 5.74) is 1.47. The van der Waals surface area contributed by atoms with E-state index in [1.165, 1.54) is 0 Å². The van der Waals surface area contributed by atoms with Crippen LogP contribution < -0.4 is 10.2 Å². The van der Waals surface area contributed by atoms with Gasteiger partial charge < -0.3 is 14.8 Å². The van der Waals surface area contributed by atoms with Crippen molar-refractivity contribution >= 4 is 12.6 Å². The van der Waals surface area contributed by atoms with E-state index in [4.69, 9.17) is 14.8 Å². The molecule has 0 atom stereocenters. The Morgan fingerprint density at radius 1 is 1.24 bits per heavy atom. The molecule has 0 aliphatic heterocycles. The molecule has 0 spiro atoms. The Kier molecular flexibility index (Phi) is 5.48. The highest BCUT2D eigenvalue weighted by Crippen LogP contribution is 2.18. The van der Waals surface area contributed by atoms with E-state index in [2.05, 4.69) is 18.7 Å². The number of rotatable bonds is 6. The molecule has 17 heavy (non-hydrogen) atoms. The quantitative estimate of drug-likeness (QED) is 0.695. The number of hydrogen-bond acceptors (Lipinski definition) is 4. The predicted molar refractivity (Wildman–Crippen MR) is 69.4 cm³/mol. The van der Waals surface area contributed by atoms with Crippen molar-refractivity contribution in [1.29, 1.82) is 0 Å². The maximum Gasteiger partial charge on any atom is 0.488 e. The molecule has 1 aromatic rings. The van der Waals surface area contributed by atoms with Crippen LogP contribution in [0.4, 0.5) is 0 Å². The summed E-state index contributed by atoms with van der Waals surface area (Å²) in [6.45, 7) is 6.84. The topological polar surface area (TPSA) is 52.9 Å². The SMILES string of the molecule is CCN(CC)Cc1cc(B(O)O)ccc1OC. The first-order chi connectivity index (χ1) is 8.12. The van der Waals surface area contributed by atoms with Crippen molar-refractivity contribution < 1.29 is 14.8 Å². The number of hydrogen-bond donors (Lipinski definition) is 2. The van der Waals surface area contributed by atoms with E-state index < -0.39 is 7.12 Å². The van der Waals surface area contributed by atoms with Gasteiger partial charge in [-0.25, -0.2) is 0 Å². The van der Waals surface area contributed by atoms with E-state index in [1.54, 1.807) is 25.3 Å². The van der Waals surface area contributed by atoms with E-state index in [0.29, 0.717) is 5.46 Å². The van der Waals surface area contributed by atoms with Crippen LogP contribution in [0.25, 0.3) is 0 Å². The Morgan fingerprint density at radius 3 is 2.35 bits per heavy atom. The van der Waals surface area contributed by atoms with Gasteiger partial charge in [0, 0.05) is 12.1 Å². The molecular weight excluding hydrogens is 217 g/mol. The van der Waals surface area contributed by atoms with Crippen molar-refractivity contribution in [3.05, 3.63) is 23.8 Å². The maximum atomic E-state index is 9.16. The summed E-state index contributed by atoms with van der Waals surface area (Å²) in [4.78, 5) is 2.24. The number of nitrogens with zero attached hydrogens (tertiary/aromatic N) is 1. The van der Waals surface area contributed by atoms with Crippen molar-refractivity contribution in [2.75, 3.05) is 20.2 Å². The third-order valence-corrected chi connectivity index (χ3v) is 2.89. The highest BCUT2D eigenvalue weighted by atomic mass is 16.5. The molecule has 2 N–H and O–H groups in total. The van der Waals surface area contributed by atoms with Gasteiger partial charge in [0.15, 0.2) is 0 Å². The highest BCUT2D eigenvalue weighted by molar-refractivity contribution is 6.58. The van der Waals surface area contributed by atoms with Crippen LogP contribution >= 0.6 is 0 Å². The van der Waals surface area contributed by atoms with Gasteiger partial charge in [0.1, 0.15) is 5.75 Å². The number of ether oxygens (including phenoxy) is 1. The smallest absolute Gasteiger partial charge is 0.488 e. The molecule has 0 saturated carbocycles. The van der Waals surface area contributed by atoms with Gasteiger partial charge in [-0.2, -0.15) is 0 Å². The normalized spacial score (nSPS) is 10.7. The largest absolute Gasteiger partial charge is 0.496 e. The second kappa shape index (κ2) is 6.64. The van der Waals surface area contributed by atoms with Gasteiger partial charge in [0.05, 0.1) is 7.11 Å². The minimum atomic E-state index is -1.43. The molecule has 0 aromatic heterocycles. The first-order valence-electron chi connectivity index (χ1n) is 5.87. The Bertz CT molecular complexity index is 354. The molecule has 5 heteroatoms. The van der Waals surface area contributed by atoms with Crippen LogP contribution in [-0.4, -0.2) is 42.3 Å². The van der Waals surface area contributed by atoms with Crippen molar-refractivity contribution in [2.24, 2.45) is 0 Å². The monoisotopic (exact) mass is 237 g/mol. The molecule has 0 heterocycles. The van der Waals surface area contributed by atoms with Gasteiger partial charge in [0.2, 0.25) is 0 Å². The fraction of sp³-hybridized carbons (Fsp3) is 0.500. The lowest BCUT2D eigenvalue weighted by Crippen LogP contribution is -2.31. The Labute approximate surface area is 103 Å². The van der Waals surface area contributed by atoms with Gasteiger partial charge in [-0.3, -0.25) is 4.90 Å². The van der Waals surface area contributed by atoms with E-state index in [-0.39, 0.29) is 0 Å². The summed E-state index contributed by atoms with van der Waals surface area (Å²) in [5.74, 6) is 0.779. The summed E-state index contributed by atoms with van der Waals surface area (Å²) in [5, 5.41) is 18.3. The van der Waals surface area contributed by atoms with E-state index in [9.17, 15) is 0 Å². The van der Waals surface area contributed by atoms with Crippen LogP contribution in [0, 0.1) is 0 Å². The second-order valence-electron chi connectivity index (χ2n) is 3.91. The summed E-state index contributed by atoms with van der Waals surface area (Å²) < 4.78 is 5.28. The molecule has 0 radical (unpaired) electrons. The number of benzene rings is 1. The average molecular weight is 237 g/mol. The first-order valence-corrected chi connectivity index (χ1v) is 5.87. The lowest BCUT2D eigenvalue weighted by atomic mass is 9.79. The zero-order valence-electron chi connectivity index (χ0n) is 10.7. The van der Waals surface area contributed by atoms with Crippen molar-refractivity contribution in [3.63, 3.8) is 0 Å². The highest BCUT2D eigenvalue weighted by Gasteiger charge is 2.14. The molecule has 0 bridgehead atoms. The lowest BCUT2D eigenvalue weighted by molar-refractivity contribution is 0.289. The fourth-order valence-electron chi connectivity index (χ4n) is 1.77. The summed E-state index contributed by atoms with van der Waals surface area (Å²) in [6, 6.07) is 5.21. The van der Waals surface area contributed by atoms with Gasteiger partial charge in [-0.05, 0) is 24.6 Å². The average Bonchev–Trinajstić information content (AvgIpc) is 2.35. The summed E-state index contributed by atoms with van der Waals surface area (Å²) in [7, 11) is 0.187. The van der Waals surface area contributed by atoms with Crippen LogP contribution in [0.1, 0.15) is 19.4 Å². The standard InChI is InChI=1S/C12H20BNO3/c1-4-14(5-2)9-10-8-11(13(15)16)6-7-12(10)17-3/h6-8,15-16H,4-5,9H2,1-3H3. The molecule has 94 valence electrons. The summed E-state index contributed by atoms with van der Waals surface area (Å²) in [6.07, 6.45) is 0. The van der Waals surface area contributed by atoms with Crippen LogP contribution in [-0.2, 0) is 6.54 Å². The summed E-state index contributed by atoms with van der Waals surface area (Å²) >= 11 is 0. The third kappa shape index (κ3) is 3.73. The molecule has 0 amide bonds. The first kappa shape index (κ1) is 14.0. The third-order valence-electron chi connectivity index (χ3n) is 2.89. The van der Waals surface area contributed by atoms with Crippen molar-refractivity contribution in [1.82, 2.24) is 4.90 Å². The number of methoxy groups -OCH3 is 1. The van der Waals surface area contributed by atoms with Gasteiger partial charge >= 0.3 is 7.12 Å². The van der Waals surface area contributed by atoms with Crippen molar-refractivity contribution in [3.8, 4) is 5.75 Å². The molecule has 0 aliphatic rings. The van der Waals surface area contributed by atoms with E-state index >= 15 is 0 Å². The molecule has 0 fully saturated rings.